The van der Waals surface area contributed by atoms with Gasteiger partial charge < -0.3 is 4.42 Å². The van der Waals surface area contributed by atoms with E-state index in [-0.39, 0.29) is 32.9 Å². The number of nitriles is 1. The molecule has 1 aromatic carbocycles. The van der Waals surface area contributed by atoms with Crippen molar-refractivity contribution in [2.75, 3.05) is 5.75 Å². The number of aromatic nitrogens is 1. The van der Waals surface area contributed by atoms with Gasteiger partial charge in [-0.2, -0.15) is 18.4 Å². The molecule has 31 heavy (non-hydrogen) atoms. The van der Waals surface area contributed by atoms with E-state index in [2.05, 4.69) is 11.1 Å². The SMILES string of the molecule is CCS(=O)(=O)c1cc(C(C)(C)C#N)cnc1-c1coc2cc(C(F)(F)F)ccc2c1=O. The van der Waals surface area contributed by atoms with Gasteiger partial charge in [-0.3, -0.25) is 9.78 Å². The van der Waals surface area contributed by atoms with Gasteiger partial charge in [0.05, 0.1) is 44.3 Å². The van der Waals surface area contributed by atoms with Crippen LogP contribution in [0, 0.1) is 11.3 Å². The summed E-state index contributed by atoms with van der Waals surface area (Å²) >= 11 is 0. The fourth-order valence-corrected chi connectivity index (χ4v) is 3.99. The summed E-state index contributed by atoms with van der Waals surface area (Å²) in [5.41, 5.74) is -3.08. The Bertz CT molecular complexity index is 1380. The zero-order valence-corrected chi connectivity index (χ0v) is 17.6. The average Bonchev–Trinajstić information content (AvgIpc) is 2.72. The van der Waals surface area contributed by atoms with Crippen LogP contribution in [-0.4, -0.2) is 19.2 Å². The van der Waals surface area contributed by atoms with E-state index in [1.165, 1.54) is 19.2 Å². The number of fused-ring (bicyclic) bond motifs is 1. The topological polar surface area (TPSA) is 101 Å². The quantitative estimate of drug-likeness (QED) is 0.581. The first-order valence-electron chi connectivity index (χ1n) is 9.09. The summed E-state index contributed by atoms with van der Waals surface area (Å²) in [6, 6.07) is 5.79. The van der Waals surface area contributed by atoms with E-state index in [0.29, 0.717) is 11.6 Å². The van der Waals surface area contributed by atoms with Gasteiger partial charge in [0.25, 0.3) is 0 Å². The molecule has 0 aliphatic heterocycles. The highest BCUT2D eigenvalue weighted by molar-refractivity contribution is 7.91. The van der Waals surface area contributed by atoms with E-state index in [4.69, 9.17) is 4.42 Å². The van der Waals surface area contributed by atoms with Crippen molar-refractivity contribution in [2.24, 2.45) is 0 Å². The van der Waals surface area contributed by atoms with Gasteiger partial charge >= 0.3 is 6.18 Å². The molecule has 0 saturated heterocycles. The number of benzene rings is 1. The Morgan fingerprint density at radius 1 is 1.16 bits per heavy atom. The average molecular weight is 450 g/mol. The standard InChI is InChI=1S/C21H17F3N2O4S/c1-4-31(28,29)17-8-13(20(2,3)11-25)9-26-18(17)15-10-30-16-7-12(21(22,23)24)5-6-14(16)19(15)27/h5-10H,4H2,1-3H3. The highest BCUT2D eigenvalue weighted by atomic mass is 32.2. The minimum Gasteiger partial charge on any atom is -0.463 e. The second-order valence-corrected chi connectivity index (χ2v) is 9.64. The number of halogens is 3. The molecule has 0 unspecified atom stereocenters. The Morgan fingerprint density at radius 2 is 1.84 bits per heavy atom. The van der Waals surface area contributed by atoms with Gasteiger partial charge in [0, 0.05) is 6.20 Å². The lowest BCUT2D eigenvalue weighted by Crippen LogP contribution is -2.18. The molecule has 0 fully saturated rings. The van der Waals surface area contributed by atoms with Crippen LogP contribution < -0.4 is 5.43 Å². The van der Waals surface area contributed by atoms with E-state index < -0.39 is 32.4 Å². The molecule has 0 radical (unpaired) electrons. The molecular formula is C21H17F3N2O4S. The van der Waals surface area contributed by atoms with E-state index in [1.807, 2.05) is 0 Å². The molecule has 2 aromatic heterocycles. The Morgan fingerprint density at radius 3 is 2.42 bits per heavy atom. The highest BCUT2D eigenvalue weighted by Gasteiger charge is 2.31. The monoisotopic (exact) mass is 450 g/mol. The van der Waals surface area contributed by atoms with Gasteiger partial charge in [0.1, 0.15) is 11.8 Å². The Labute approximate surface area is 175 Å². The molecule has 162 valence electrons. The number of pyridine rings is 1. The van der Waals surface area contributed by atoms with E-state index in [9.17, 15) is 31.6 Å². The first-order valence-corrected chi connectivity index (χ1v) is 10.7. The number of alkyl halides is 3. The molecule has 6 nitrogen and oxygen atoms in total. The second-order valence-electron chi connectivity index (χ2n) is 7.40. The first-order chi connectivity index (χ1) is 14.3. The molecular weight excluding hydrogens is 433 g/mol. The first kappa shape index (κ1) is 22.5. The number of rotatable bonds is 4. The van der Waals surface area contributed by atoms with Crippen LogP contribution in [0.3, 0.4) is 0 Å². The Kier molecular flexibility index (Phi) is 5.44. The molecule has 0 aliphatic carbocycles. The third-order valence-electron chi connectivity index (χ3n) is 4.93. The summed E-state index contributed by atoms with van der Waals surface area (Å²) in [5, 5.41) is 9.21. The van der Waals surface area contributed by atoms with Gasteiger partial charge in [-0.15, -0.1) is 0 Å². The summed E-state index contributed by atoms with van der Waals surface area (Å²) in [4.78, 5) is 16.8. The van der Waals surface area contributed by atoms with Gasteiger partial charge in [-0.1, -0.05) is 6.92 Å². The van der Waals surface area contributed by atoms with E-state index in [1.54, 1.807) is 13.8 Å². The minimum absolute atomic E-state index is 0.145. The highest BCUT2D eigenvalue weighted by Crippen LogP contribution is 2.33. The van der Waals surface area contributed by atoms with Crippen molar-refractivity contribution < 1.29 is 26.0 Å². The molecule has 0 saturated carbocycles. The Hall–Kier alpha value is -3.19. The van der Waals surface area contributed by atoms with Crippen LogP contribution in [0.5, 0.6) is 0 Å². The number of hydrogen-bond donors (Lipinski definition) is 0. The van der Waals surface area contributed by atoms with Crippen molar-refractivity contribution in [3.63, 3.8) is 0 Å². The smallest absolute Gasteiger partial charge is 0.416 e. The molecule has 0 atom stereocenters. The molecule has 0 aliphatic rings. The zero-order chi connectivity index (χ0) is 23.2. The van der Waals surface area contributed by atoms with E-state index in [0.717, 1.165) is 18.4 Å². The van der Waals surface area contributed by atoms with Gasteiger partial charge in [0.2, 0.25) is 5.43 Å². The largest absolute Gasteiger partial charge is 0.463 e. The van der Waals surface area contributed by atoms with Crippen molar-refractivity contribution in [2.45, 2.75) is 37.3 Å². The zero-order valence-electron chi connectivity index (χ0n) is 16.7. The van der Waals surface area contributed by atoms with Crippen molar-refractivity contribution in [1.82, 2.24) is 4.98 Å². The Balaban J connectivity index is 2.31. The van der Waals surface area contributed by atoms with Crippen LogP contribution in [0.15, 0.2) is 50.8 Å². The fourth-order valence-electron chi connectivity index (χ4n) is 2.91. The van der Waals surface area contributed by atoms with Crippen LogP contribution in [0.4, 0.5) is 13.2 Å². The number of nitrogens with zero attached hydrogens (tertiary/aromatic N) is 2. The normalized spacial score (nSPS) is 12.7. The van der Waals surface area contributed by atoms with Crippen molar-refractivity contribution >= 4 is 20.8 Å². The number of sulfone groups is 1. The van der Waals surface area contributed by atoms with Crippen molar-refractivity contribution in [3.8, 4) is 17.3 Å². The summed E-state index contributed by atoms with van der Waals surface area (Å²) < 4.78 is 69.5. The summed E-state index contributed by atoms with van der Waals surface area (Å²) in [5.74, 6) is -0.286. The summed E-state index contributed by atoms with van der Waals surface area (Å²) in [6.45, 7) is 4.60. The predicted molar refractivity (Wildman–Crippen MR) is 107 cm³/mol. The molecule has 0 N–H and O–H groups in total. The summed E-state index contributed by atoms with van der Waals surface area (Å²) in [7, 11) is -3.87. The van der Waals surface area contributed by atoms with Crippen LogP contribution in [-0.2, 0) is 21.4 Å². The van der Waals surface area contributed by atoms with Crippen molar-refractivity contribution in [3.05, 3.63) is 58.1 Å². The third-order valence-corrected chi connectivity index (χ3v) is 6.67. The lowest BCUT2D eigenvalue weighted by molar-refractivity contribution is -0.137. The van der Waals surface area contributed by atoms with Crippen LogP contribution in [0.1, 0.15) is 31.9 Å². The third kappa shape index (κ3) is 4.05. The predicted octanol–water partition coefficient (Wildman–Crippen LogP) is 4.47. The summed E-state index contributed by atoms with van der Waals surface area (Å²) in [6.07, 6.45) is -2.42. The molecule has 0 amide bonds. The molecule has 0 bridgehead atoms. The molecule has 2 heterocycles. The lowest BCUT2D eigenvalue weighted by atomic mass is 9.87. The molecule has 3 rings (SSSR count). The maximum Gasteiger partial charge on any atom is 0.416 e. The van der Waals surface area contributed by atoms with Gasteiger partial charge in [-0.25, -0.2) is 8.42 Å². The van der Waals surface area contributed by atoms with Crippen molar-refractivity contribution in [1.29, 1.82) is 5.26 Å². The minimum atomic E-state index is -4.61. The van der Waals surface area contributed by atoms with E-state index >= 15 is 0 Å². The van der Waals surface area contributed by atoms with Gasteiger partial charge in [-0.05, 0) is 43.7 Å². The number of hydrogen-bond acceptors (Lipinski definition) is 6. The molecule has 3 aromatic rings. The van der Waals surface area contributed by atoms with Gasteiger partial charge in [0.15, 0.2) is 9.84 Å². The molecule has 0 spiro atoms. The van der Waals surface area contributed by atoms with Crippen LogP contribution in [0.25, 0.3) is 22.2 Å². The van der Waals surface area contributed by atoms with Crippen LogP contribution >= 0.6 is 0 Å². The fraction of sp³-hybridized carbons (Fsp3) is 0.286. The lowest BCUT2D eigenvalue weighted by Gasteiger charge is -2.18. The van der Waals surface area contributed by atoms with Crippen LogP contribution in [0.2, 0.25) is 0 Å². The maximum atomic E-state index is 13.0. The maximum absolute atomic E-state index is 13.0. The molecule has 10 heteroatoms. The second kappa shape index (κ2) is 7.50.